The summed E-state index contributed by atoms with van der Waals surface area (Å²) in [5.74, 6) is -1.52. The highest BCUT2D eigenvalue weighted by Gasteiger charge is 2.46. The van der Waals surface area contributed by atoms with Crippen LogP contribution < -0.4 is 0 Å². The van der Waals surface area contributed by atoms with Gasteiger partial charge in [0.05, 0.1) is 0 Å². The van der Waals surface area contributed by atoms with Gasteiger partial charge in [-0.2, -0.15) is 0 Å². The Labute approximate surface area is 72.8 Å². The number of carbonyl (C=O) groups is 1. The molecule has 0 radical (unpaired) electrons. The molecule has 1 aliphatic rings. The Bertz CT molecular complexity index is 205. The summed E-state index contributed by atoms with van der Waals surface area (Å²) in [6.45, 7) is 0. The zero-order valence-electron chi connectivity index (χ0n) is 6.44. The SMILES string of the molecule is O=C(O)C1O[C@@H](O)C(O)C(O)C1O. The van der Waals surface area contributed by atoms with Crippen molar-refractivity contribution in [1.82, 2.24) is 0 Å². The molecule has 0 spiro atoms. The fraction of sp³-hybridized carbons (Fsp3) is 0.833. The summed E-state index contributed by atoms with van der Waals surface area (Å²) in [5, 5.41) is 44.4. The fourth-order valence-corrected chi connectivity index (χ4v) is 1.07. The molecule has 0 aromatic carbocycles. The molecule has 1 saturated heterocycles. The molecule has 0 amide bonds. The van der Waals surface area contributed by atoms with Crippen molar-refractivity contribution in [3.63, 3.8) is 0 Å². The van der Waals surface area contributed by atoms with Crippen LogP contribution >= 0.6 is 0 Å². The molecule has 1 heterocycles. The van der Waals surface area contributed by atoms with Crippen molar-refractivity contribution < 1.29 is 35.1 Å². The first-order valence-corrected chi connectivity index (χ1v) is 3.55. The van der Waals surface area contributed by atoms with Crippen LogP contribution in [0, 0.1) is 0 Å². The van der Waals surface area contributed by atoms with E-state index in [9.17, 15) is 4.79 Å². The minimum atomic E-state index is -1.81. The molecule has 0 aliphatic carbocycles. The van der Waals surface area contributed by atoms with E-state index >= 15 is 0 Å². The van der Waals surface area contributed by atoms with E-state index in [-0.39, 0.29) is 0 Å². The van der Waals surface area contributed by atoms with Crippen molar-refractivity contribution in [2.45, 2.75) is 30.7 Å². The van der Waals surface area contributed by atoms with Crippen molar-refractivity contribution in [3.8, 4) is 0 Å². The summed E-state index contributed by atoms with van der Waals surface area (Å²) in [5.41, 5.74) is 0. The van der Waals surface area contributed by atoms with Gasteiger partial charge < -0.3 is 30.3 Å². The number of ether oxygens (including phenoxy) is 1. The third kappa shape index (κ3) is 1.79. The molecule has 1 rings (SSSR count). The highest BCUT2D eigenvalue weighted by atomic mass is 16.6. The number of aliphatic hydroxyl groups is 4. The number of hydrogen-bond acceptors (Lipinski definition) is 6. The minimum absolute atomic E-state index is 1.52. The minimum Gasteiger partial charge on any atom is -0.479 e. The van der Waals surface area contributed by atoms with E-state index in [4.69, 9.17) is 25.5 Å². The van der Waals surface area contributed by atoms with Crippen molar-refractivity contribution in [1.29, 1.82) is 0 Å². The second kappa shape index (κ2) is 3.56. The van der Waals surface area contributed by atoms with Gasteiger partial charge in [-0.25, -0.2) is 4.79 Å². The van der Waals surface area contributed by atoms with Crippen molar-refractivity contribution in [2.75, 3.05) is 0 Å². The second-order valence-corrected chi connectivity index (χ2v) is 2.76. The fourth-order valence-electron chi connectivity index (χ4n) is 1.07. The summed E-state index contributed by atoms with van der Waals surface area (Å²) in [6, 6.07) is 0. The number of carboxylic acid groups (broad SMARTS) is 1. The molecule has 5 atom stereocenters. The van der Waals surface area contributed by atoms with Crippen LogP contribution in [0.25, 0.3) is 0 Å². The number of aliphatic carboxylic acids is 1. The molecule has 1 aliphatic heterocycles. The summed E-state index contributed by atoms with van der Waals surface area (Å²) in [6.07, 6.45) is -8.72. The molecule has 7 nitrogen and oxygen atoms in total. The van der Waals surface area contributed by atoms with Gasteiger partial charge in [-0.15, -0.1) is 0 Å². The Morgan fingerprint density at radius 1 is 1.00 bits per heavy atom. The van der Waals surface area contributed by atoms with E-state index in [1.54, 1.807) is 0 Å². The topological polar surface area (TPSA) is 127 Å². The molecule has 4 unspecified atom stereocenters. The highest BCUT2D eigenvalue weighted by Crippen LogP contribution is 2.19. The predicted molar refractivity (Wildman–Crippen MR) is 36.5 cm³/mol. The van der Waals surface area contributed by atoms with Gasteiger partial charge in [0, 0.05) is 0 Å². The summed E-state index contributed by atoms with van der Waals surface area (Å²) >= 11 is 0. The molecule has 0 saturated carbocycles. The van der Waals surface area contributed by atoms with Gasteiger partial charge in [0.15, 0.2) is 12.4 Å². The summed E-state index contributed by atoms with van der Waals surface area (Å²) < 4.78 is 4.34. The van der Waals surface area contributed by atoms with Gasteiger partial charge >= 0.3 is 5.97 Å². The van der Waals surface area contributed by atoms with Gasteiger partial charge in [0.2, 0.25) is 0 Å². The Morgan fingerprint density at radius 3 is 2.00 bits per heavy atom. The molecule has 1 fully saturated rings. The quantitative estimate of drug-likeness (QED) is 0.298. The number of hydrogen-bond donors (Lipinski definition) is 5. The lowest BCUT2D eigenvalue weighted by atomic mass is 9.99. The van der Waals surface area contributed by atoms with E-state index in [1.165, 1.54) is 0 Å². The Morgan fingerprint density at radius 2 is 1.54 bits per heavy atom. The van der Waals surface area contributed by atoms with Crippen LogP contribution in [0.3, 0.4) is 0 Å². The van der Waals surface area contributed by atoms with Crippen molar-refractivity contribution in [3.05, 3.63) is 0 Å². The standard InChI is InChI=1S/C6H10O7/c7-1-2(8)4(5(10)11)13-6(12)3(1)9/h1-4,6-9,12H,(H,10,11)/t1?,2?,3?,4?,6-/m1/s1. The van der Waals surface area contributed by atoms with E-state index in [1.807, 2.05) is 0 Å². The van der Waals surface area contributed by atoms with E-state index in [0.717, 1.165) is 0 Å². The van der Waals surface area contributed by atoms with Gasteiger partial charge in [0.1, 0.15) is 18.3 Å². The van der Waals surface area contributed by atoms with Crippen LogP contribution in [0.4, 0.5) is 0 Å². The summed E-state index contributed by atoms with van der Waals surface area (Å²) in [7, 11) is 0. The first-order chi connectivity index (χ1) is 5.95. The zero-order chi connectivity index (χ0) is 10.2. The molecule has 7 heteroatoms. The monoisotopic (exact) mass is 194 g/mol. The number of carboxylic acids is 1. The number of rotatable bonds is 1. The molecule has 0 bridgehead atoms. The van der Waals surface area contributed by atoms with Crippen molar-refractivity contribution >= 4 is 5.97 Å². The lowest BCUT2D eigenvalue weighted by Crippen LogP contribution is -2.59. The van der Waals surface area contributed by atoms with Crippen LogP contribution in [-0.4, -0.2) is 62.2 Å². The second-order valence-electron chi connectivity index (χ2n) is 2.76. The van der Waals surface area contributed by atoms with E-state index in [2.05, 4.69) is 4.74 Å². The molecule has 13 heavy (non-hydrogen) atoms. The number of aliphatic hydroxyl groups excluding tert-OH is 4. The van der Waals surface area contributed by atoms with Crippen molar-refractivity contribution in [2.24, 2.45) is 0 Å². The van der Waals surface area contributed by atoms with Gasteiger partial charge in [0.25, 0.3) is 0 Å². The normalized spacial score (nSPS) is 46.0. The van der Waals surface area contributed by atoms with Gasteiger partial charge in [-0.05, 0) is 0 Å². The van der Waals surface area contributed by atoms with Gasteiger partial charge in [-0.3, -0.25) is 0 Å². The van der Waals surface area contributed by atoms with E-state index in [0.29, 0.717) is 0 Å². The largest absolute Gasteiger partial charge is 0.479 e. The molecular weight excluding hydrogens is 184 g/mol. The maximum atomic E-state index is 10.4. The third-order valence-electron chi connectivity index (χ3n) is 1.83. The molecule has 76 valence electrons. The van der Waals surface area contributed by atoms with Crippen LogP contribution in [-0.2, 0) is 9.53 Å². The first kappa shape index (κ1) is 10.4. The zero-order valence-corrected chi connectivity index (χ0v) is 6.44. The predicted octanol–water partition coefficient (Wildman–Crippen LogP) is -3.13. The Balaban J connectivity index is 2.76. The van der Waals surface area contributed by atoms with Gasteiger partial charge in [-0.1, -0.05) is 0 Å². The highest BCUT2D eigenvalue weighted by molar-refractivity contribution is 5.73. The van der Waals surface area contributed by atoms with Crippen LogP contribution in [0.15, 0.2) is 0 Å². The maximum Gasteiger partial charge on any atom is 0.335 e. The first-order valence-electron chi connectivity index (χ1n) is 3.55. The molecule has 0 aromatic heterocycles. The smallest absolute Gasteiger partial charge is 0.335 e. The molecule has 0 aromatic rings. The van der Waals surface area contributed by atoms with Crippen LogP contribution in [0.2, 0.25) is 0 Å². The lowest BCUT2D eigenvalue weighted by molar-refractivity contribution is -0.279. The lowest BCUT2D eigenvalue weighted by Gasteiger charge is -2.36. The third-order valence-corrected chi connectivity index (χ3v) is 1.83. The van der Waals surface area contributed by atoms with Crippen LogP contribution in [0.1, 0.15) is 0 Å². The Kier molecular flexibility index (Phi) is 2.84. The Hall–Kier alpha value is -0.730. The average Bonchev–Trinajstić information content (AvgIpc) is 2.07. The van der Waals surface area contributed by atoms with E-state index < -0.39 is 36.7 Å². The molecular formula is C6H10O7. The van der Waals surface area contributed by atoms with Crippen LogP contribution in [0.5, 0.6) is 0 Å². The average molecular weight is 194 g/mol. The molecule has 5 N–H and O–H groups in total. The summed E-state index contributed by atoms with van der Waals surface area (Å²) in [4.78, 5) is 10.4. The maximum absolute atomic E-state index is 10.4.